The predicted octanol–water partition coefficient (Wildman–Crippen LogP) is 1.06. The van der Waals surface area contributed by atoms with Crippen molar-refractivity contribution in [2.45, 2.75) is 32.2 Å². The number of rotatable bonds is 3. The molecule has 134 valence electrons. The molecule has 2 aliphatic rings. The van der Waals surface area contributed by atoms with E-state index in [-0.39, 0.29) is 5.91 Å². The largest absolute Gasteiger partial charge is 0.481 e. The Balaban J connectivity index is 1.68. The minimum atomic E-state index is 0.0417. The van der Waals surface area contributed by atoms with E-state index < -0.39 is 0 Å². The number of amides is 1. The molecule has 24 heavy (non-hydrogen) atoms. The van der Waals surface area contributed by atoms with Crippen LogP contribution in [0.1, 0.15) is 35.3 Å². The average molecular weight is 336 g/mol. The van der Waals surface area contributed by atoms with Crippen molar-refractivity contribution in [2.75, 3.05) is 46.5 Å². The van der Waals surface area contributed by atoms with E-state index in [1.165, 1.54) is 0 Å². The lowest BCUT2D eigenvalue weighted by atomic mass is 10.1. The number of hydrogen-bond donors (Lipinski definition) is 0. The van der Waals surface area contributed by atoms with Gasteiger partial charge in [-0.1, -0.05) is 0 Å². The number of aryl methyl sites for hydroxylation is 2. The number of morpholine rings is 1. The van der Waals surface area contributed by atoms with Crippen LogP contribution in [0.3, 0.4) is 0 Å². The fraction of sp³-hybridized carbons (Fsp3) is 0.765. The van der Waals surface area contributed by atoms with Crippen LogP contribution in [-0.4, -0.2) is 78.0 Å². The van der Waals surface area contributed by atoms with Crippen LogP contribution < -0.4 is 4.74 Å². The highest BCUT2D eigenvalue weighted by Gasteiger charge is 2.29. The highest BCUT2D eigenvalue weighted by Crippen LogP contribution is 2.25. The van der Waals surface area contributed by atoms with Crippen LogP contribution in [0.25, 0.3) is 0 Å². The smallest absolute Gasteiger partial charge is 0.261 e. The van der Waals surface area contributed by atoms with Gasteiger partial charge in [-0.3, -0.25) is 9.69 Å². The van der Waals surface area contributed by atoms with Crippen molar-refractivity contribution < 1.29 is 14.3 Å². The average Bonchev–Trinajstić information content (AvgIpc) is 2.77. The van der Waals surface area contributed by atoms with Gasteiger partial charge in [0, 0.05) is 39.3 Å². The highest BCUT2D eigenvalue weighted by atomic mass is 16.5. The summed E-state index contributed by atoms with van der Waals surface area (Å²) in [4.78, 5) is 17.5. The summed E-state index contributed by atoms with van der Waals surface area (Å²) in [6, 6.07) is 0.559. The summed E-state index contributed by atoms with van der Waals surface area (Å²) >= 11 is 0. The number of carbonyl (C=O) groups is 1. The van der Waals surface area contributed by atoms with E-state index in [1.807, 2.05) is 11.8 Å². The molecule has 0 bridgehead atoms. The molecule has 7 heteroatoms. The Kier molecular flexibility index (Phi) is 5.40. The Bertz CT molecular complexity index is 581. The number of nitrogens with zero attached hydrogens (tertiary/aromatic N) is 4. The van der Waals surface area contributed by atoms with Crippen molar-refractivity contribution in [3.05, 3.63) is 11.3 Å². The monoisotopic (exact) mass is 336 g/mol. The predicted molar refractivity (Wildman–Crippen MR) is 90.4 cm³/mol. The summed E-state index contributed by atoms with van der Waals surface area (Å²) in [7, 11) is 3.39. The molecule has 1 atom stereocenters. The van der Waals surface area contributed by atoms with Crippen LogP contribution in [0.2, 0.25) is 0 Å². The van der Waals surface area contributed by atoms with E-state index in [4.69, 9.17) is 9.47 Å². The molecule has 2 aliphatic heterocycles. The van der Waals surface area contributed by atoms with E-state index in [2.05, 4.69) is 10.00 Å². The molecular formula is C17H28N4O3. The molecule has 0 aliphatic carbocycles. The van der Waals surface area contributed by atoms with Gasteiger partial charge in [0.25, 0.3) is 5.91 Å². The van der Waals surface area contributed by atoms with Crippen LogP contribution in [0.4, 0.5) is 0 Å². The summed E-state index contributed by atoms with van der Waals surface area (Å²) in [5.74, 6) is 0.589. The second-order valence-electron chi connectivity index (χ2n) is 6.62. The molecule has 1 aromatic heterocycles. The summed E-state index contributed by atoms with van der Waals surface area (Å²) in [6.07, 6.45) is 3.20. The third-order valence-electron chi connectivity index (χ3n) is 5.12. The van der Waals surface area contributed by atoms with Gasteiger partial charge in [0.15, 0.2) is 0 Å². The van der Waals surface area contributed by atoms with Gasteiger partial charge in [0.2, 0.25) is 5.88 Å². The molecule has 1 amide bonds. The maximum Gasteiger partial charge on any atom is 0.261 e. The molecule has 0 spiro atoms. The lowest BCUT2D eigenvalue weighted by Gasteiger charge is -2.34. The molecule has 7 nitrogen and oxygen atoms in total. The first kappa shape index (κ1) is 17.2. The minimum absolute atomic E-state index is 0.0417. The number of hydrogen-bond acceptors (Lipinski definition) is 5. The van der Waals surface area contributed by atoms with Crippen molar-refractivity contribution >= 4 is 5.91 Å². The lowest BCUT2D eigenvalue weighted by Crippen LogP contribution is -2.44. The molecule has 0 radical (unpaired) electrons. The van der Waals surface area contributed by atoms with Gasteiger partial charge in [0.05, 0.1) is 26.0 Å². The van der Waals surface area contributed by atoms with Gasteiger partial charge in [-0.05, 0) is 26.2 Å². The van der Waals surface area contributed by atoms with E-state index in [1.54, 1.807) is 18.8 Å². The maximum absolute atomic E-state index is 13.0. The van der Waals surface area contributed by atoms with E-state index >= 15 is 0 Å². The first-order valence-corrected chi connectivity index (χ1v) is 8.80. The van der Waals surface area contributed by atoms with Crippen LogP contribution >= 0.6 is 0 Å². The first-order chi connectivity index (χ1) is 11.6. The first-order valence-electron chi connectivity index (χ1n) is 8.80. The standard InChI is InChI=1S/C17H28N4O3/c1-13-15(17(23-3)19(2)18-13)16(22)21-7-4-5-14(6-8-21)20-9-11-24-12-10-20/h14H,4-12H2,1-3H3. The molecular weight excluding hydrogens is 308 g/mol. The zero-order valence-electron chi connectivity index (χ0n) is 15.0. The van der Waals surface area contributed by atoms with Crippen LogP contribution in [0.5, 0.6) is 5.88 Å². The van der Waals surface area contributed by atoms with Gasteiger partial charge < -0.3 is 14.4 Å². The van der Waals surface area contributed by atoms with Crippen molar-refractivity contribution in [3.8, 4) is 5.88 Å². The van der Waals surface area contributed by atoms with Crippen molar-refractivity contribution in [3.63, 3.8) is 0 Å². The third kappa shape index (κ3) is 3.42. The Morgan fingerprint density at radius 3 is 2.67 bits per heavy atom. The molecule has 2 fully saturated rings. The zero-order valence-corrected chi connectivity index (χ0v) is 15.0. The minimum Gasteiger partial charge on any atom is -0.481 e. The summed E-state index contributed by atoms with van der Waals surface area (Å²) in [5, 5.41) is 4.33. The lowest BCUT2D eigenvalue weighted by molar-refractivity contribution is 0.0135. The third-order valence-corrected chi connectivity index (χ3v) is 5.12. The quantitative estimate of drug-likeness (QED) is 0.826. The Morgan fingerprint density at radius 1 is 1.21 bits per heavy atom. The van der Waals surface area contributed by atoms with Crippen molar-refractivity contribution in [1.29, 1.82) is 0 Å². The summed E-state index contributed by atoms with van der Waals surface area (Å²) in [5.41, 5.74) is 1.33. The maximum atomic E-state index is 13.0. The normalized spacial score (nSPS) is 23.1. The zero-order chi connectivity index (χ0) is 17.1. The highest BCUT2D eigenvalue weighted by molar-refractivity contribution is 5.97. The molecule has 1 unspecified atom stereocenters. The van der Waals surface area contributed by atoms with Crippen LogP contribution in [0, 0.1) is 6.92 Å². The summed E-state index contributed by atoms with van der Waals surface area (Å²) < 4.78 is 12.5. The van der Waals surface area contributed by atoms with Gasteiger partial charge >= 0.3 is 0 Å². The van der Waals surface area contributed by atoms with Crippen molar-refractivity contribution in [1.82, 2.24) is 19.6 Å². The van der Waals surface area contributed by atoms with Crippen LogP contribution in [-0.2, 0) is 11.8 Å². The second kappa shape index (κ2) is 7.53. The van der Waals surface area contributed by atoms with E-state index in [0.717, 1.165) is 64.3 Å². The molecule has 0 saturated carbocycles. The number of ether oxygens (including phenoxy) is 2. The van der Waals surface area contributed by atoms with E-state index in [0.29, 0.717) is 17.5 Å². The Morgan fingerprint density at radius 2 is 1.96 bits per heavy atom. The number of likely N-dealkylation sites (tertiary alicyclic amines) is 1. The van der Waals surface area contributed by atoms with Gasteiger partial charge in [-0.2, -0.15) is 5.10 Å². The number of methoxy groups -OCH3 is 1. The molecule has 2 saturated heterocycles. The number of carbonyl (C=O) groups excluding carboxylic acids is 1. The van der Waals surface area contributed by atoms with Gasteiger partial charge in [-0.15, -0.1) is 0 Å². The van der Waals surface area contributed by atoms with Crippen molar-refractivity contribution in [2.24, 2.45) is 7.05 Å². The second-order valence-corrected chi connectivity index (χ2v) is 6.62. The fourth-order valence-corrected chi connectivity index (χ4v) is 3.87. The Labute approximate surface area is 143 Å². The topological polar surface area (TPSA) is 59.8 Å². The molecule has 0 aromatic carbocycles. The molecule has 3 rings (SSSR count). The summed E-state index contributed by atoms with van der Waals surface area (Å²) in [6.45, 7) is 7.12. The van der Waals surface area contributed by atoms with Gasteiger partial charge in [0.1, 0.15) is 5.56 Å². The fourth-order valence-electron chi connectivity index (χ4n) is 3.87. The SMILES string of the molecule is COc1c(C(=O)N2CCCC(N3CCOCC3)CC2)c(C)nn1C. The number of aromatic nitrogens is 2. The Hall–Kier alpha value is -1.60. The molecule has 0 N–H and O–H groups in total. The van der Waals surface area contributed by atoms with Gasteiger partial charge in [-0.25, -0.2) is 4.68 Å². The van der Waals surface area contributed by atoms with Crippen LogP contribution in [0.15, 0.2) is 0 Å². The molecule has 3 heterocycles. The molecule has 1 aromatic rings. The van der Waals surface area contributed by atoms with E-state index in [9.17, 15) is 4.79 Å².